The second-order valence-electron chi connectivity index (χ2n) is 7.40. The molecule has 0 saturated carbocycles. The number of ketones is 1. The number of Topliss-reactive ketones (excluding diaryl/α,β-unsaturated/α-hetero) is 1. The van der Waals surface area contributed by atoms with Crippen LogP contribution in [0.1, 0.15) is 45.4 Å². The Balaban J connectivity index is 1.70. The Hall–Kier alpha value is -3.20. The van der Waals surface area contributed by atoms with Crippen molar-refractivity contribution in [3.63, 3.8) is 0 Å². The van der Waals surface area contributed by atoms with Crippen LogP contribution < -0.4 is 4.74 Å². The number of alkyl halides is 3. The number of benzene rings is 2. The first-order chi connectivity index (χ1) is 15.6. The Labute approximate surface area is 192 Å². The maximum atomic E-state index is 12.8. The van der Waals surface area contributed by atoms with E-state index in [0.717, 1.165) is 22.7 Å². The standard InChI is InChI=1S/C24H22F3NO4S/c1-3-18-21(33-23(28-18)15-4-7-17(8-5-15)24(25,26)27)11-9-19(29)16-6-10-20(14(2)12-16)32-13-22(30)31/h4-8,10,12H,3,9,11,13H2,1-2H3,(H,30,31). The number of halogens is 3. The molecule has 0 aliphatic rings. The number of ether oxygens (including phenoxy) is 1. The molecule has 0 atom stereocenters. The number of nitrogens with zero attached hydrogens (tertiary/aromatic N) is 1. The van der Waals surface area contributed by atoms with Crippen molar-refractivity contribution in [2.45, 2.75) is 39.3 Å². The lowest BCUT2D eigenvalue weighted by molar-refractivity contribution is -0.139. The van der Waals surface area contributed by atoms with Crippen LogP contribution in [0.2, 0.25) is 0 Å². The fourth-order valence-corrected chi connectivity index (χ4v) is 4.43. The highest BCUT2D eigenvalue weighted by Gasteiger charge is 2.30. The third-order valence-electron chi connectivity index (χ3n) is 5.00. The highest BCUT2D eigenvalue weighted by Crippen LogP contribution is 2.33. The summed E-state index contributed by atoms with van der Waals surface area (Å²) < 4.78 is 43.6. The van der Waals surface area contributed by atoms with Gasteiger partial charge in [-0.1, -0.05) is 19.1 Å². The van der Waals surface area contributed by atoms with Gasteiger partial charge in [-0.2, -0.15) is 13.2 Å². The maximum Gasteiger partial charge on any atom is 0.416 e. The molecule has 0 unspecified atom stereocenters. The molecule has 0 fully saturated rings. The van der Waals surface area contributed by atoms with Gasteiger partial charge in [0.05, 0.1) is 11.3 Å². The fraction of sp³-hybridized carbons (Fsp3) is 0.292. The summed E-state index contributed by atoms with van der Waals surface area (Å²) in [4.78, 5) is 28.8. The van der Waals surface area contributed by atoms with Crippen LogP contribution in [-0.2, 0) is 23.8 Å². The summed E-state index contributed by atoms with van der Waals surface area (Å²) >= 11 is 1.38. The van der Waals surface area contributed by atoms with E-state index in [-0.39, 0.29) is 12.2 Å². The molecule has 2 aromatic carbocycles. The van der Waals surface area contributed by atoms with Crippen molar-refractivity contribution < 1.29 is 32.6 Å². The van der Waals surface area contributed by atoms with Crippen LogP contribution in [0.5, 0.6) is 5.75 Å². The minimum absolute atomic E-state index is 0.0746. The van der Waals surface area contributed by atoms with Crippen molar-refractivity contribution in [2.75, 3.05) is 6.61 Å². The van der Waals surface area contributed by atoms with Crippen LogP contribution in [0.25, 0.3) is 10.6 Å². The van der Waals surface area contributed by atoms with Crippen molar-refractivity contribution in [2.24, 2.45) is 0 Å². The second kappa shape index (κ2) is 10.2. The predicted octanol–water partition coefficient (Wildman–Crippen LogP) is 5.98. The first-order valence-corrected chi connectivity index (χ1v) is 11.0. The molecule has 0 amide bonds. The van der Waals surface area contributed by atoms with Gasteiger partial charge < -0.3 is 9.84 Å². The lowest BCUT2D eigenvalue weighted by Gasteiger charge is -2.08. The number of rotatable bonds is 9. The molecule has 0 aliphatic heterocycles. The average Bonchev–Trinajstić information content (AvgIpc) is 3.19. The van der Waals surface area contributed by atoms with Gasteiger partial charge in [-0.3, -0.25) is 4.79 Å². The first-order valence-electron chi connectivity index (χ1n) is 10.2. The van der Waals surface area contributed by atoms with Crippen LogP contribution in [0.4, 0.5) is 13.2 Å². The van der Waals surface area contributed by atoms with E-state index < -0.39 is 24.3 Å². The molecule has 1 N–H and O–H groups in total. The van der Waals surface area contributed by atoms with Crippen molar-refractivity contribution >= 4 is 23.1 Å². The first kappa shape index (κ1) is 24.4. The van der Waals surface area contributed by atoms with Crippen molar-refractivity contribution in [3.05, 3.63) is 69.7 Å². The topological polar surface area (TPSA) is 76.5 Å². The lowest BCUT2D eigenvalue weighted by Crippen LogP contribution is -2.10. The van der Waals surface area contributed by atoms with Crippen molar-refractivity contribution in [3.8, 4) is 16.3 Å². The largest absolute Gasteiger partial charge is 0.482 e. The fourth-order valence-electron chi connectivity index (χ4n) is 3.28. The summed E-state index contributed by atoms with van der Waals surface area (Å²) in [5, 5.41) is 9.34. The Morgan fingerprint density at radius 3 is 2.39 bits per heavy atom. The van der Waals surface area contributed by atoms with E-state index in [4.69, 9.17) is 9.84 Å². The molecule has 33 heavy (non-hydrogen) atoms. The second-order valence-corrected chi connectivity index (χ2v) is 8.49. The highest BCUT2D eigenvalue weighted by atomic mass is 32.1. The number of carbonyl (C=O) groups excluding carboxylic acids is 1. The third-order valence-corrected chi connectivity index (χ3v) is 6.21. The number of carboxylic acids is 1. The van der Waals surface area contributed by atoms with Crippen molar-refractivity contribution in [1.82, 2.24) is 4.98 Å². The molecule has 0 aliphatic carbocycles. The van der Waals surface area contributed by atoms with Gasteiger partial charge in [-0.15, -0.1) is 11.3 Å². The Morgan fingerprint density at radius 2 is 1.82 bits per heavy atom. The van der Waals surface area contributed by atoms with Crippen LogP contribution >= 0.6 is 11.3 Å². The van der Waals surface area contributed by atoms with Gasteiger partial charge in [-0.05, 0) is 55.7 Å². The molecule has 0 bridgehead atoms. The third kappa shape index (κ3) is 6.19. The number of hydrogen-bond donors (Lipinski definition) is 1. The van der Waals surface area contributed by atoms with Gasteiger partial charge in [0.25, 0.3) is 0 Å². The quantitative estimate of drug-likeness (QED) is 0.384. The molecule has 3 aromatic rings. The van der Waals surface area contributed by atoms with Gasteiger partial charge in [0, 0.05) is 22.4 Å². The highest BCUT2D eigenvalue weighted by molar-refractivity contribution is 7.15. The Morgan fingerprint density at radius 1 is 1.12 bits per heavy atom. The van der Waals surface area contributed by atoms with Gasteiger partial charge in [0.15, 0.2) is 12.4 Å². The lowest BCUT2D eigenvalue weighted by atomic mass is 10.0. The van der Waals surface area contributed by atoms with E-state index in [0.29, 0.717) is 40.3 Å². The molecule has 5 nitrogen and oxygen atoms in total. The zero-order chi connectivity index (χ0) is 24.2. The molecule has 1 heterocycles. The maximum absolute atomic E-state index is 12.8. The van der Waals surface area contributed by atoms with E-state index in [9.17, 15) is 22.8 Å². The summed E-state index contributed by atoms with van der Waals surface area (Å²) in [6, 6.07) is 9.75. The molecule has 3 rings (SSSR count). The minimum Gasteiger partial charge on any atom is -0.482 e. The zero-order valence-corrected chi connectivity index (χ0v) is 18.8. The molecule has 0 spiro atoms. The van der Waals surface area contributed by atoms with E-state index in [2.05, 4.69) is 4.98 Å². The van der Waals surface area contributed by atoms with E-state index in [1.54, 1.807) is 25.1 Å². The SMILES string of the molecule is CCc1nc(-c2ccc(C(F)(F)F)cc2)sc1CCC(=O)c1ccc(OCC(=O)O)c(C)c1. The number of hydrogen-bond acceptors (Lipinski definition) is 5. The van der Waals surface area contributed by atoms with Crippen LogP contribution in [0.15, 0.2) is 42.5 Å². The monoisotopic (exact) mass is 477 g/mol. The predicted molar refractivity (Wildman–Crippen MR) is 119 cm³/mol. The summed E-state index contributed by atoms with van der Waals surface area (Å²) in [6.07, 6.45) is -3.02. The number of thiazole rings is 1. The number of carboxylic acid groups (broad SMARTS) is 1. The van der Waals surface area contributed by atoms with Crippen LogP contribution in [0, 0.1) is 6.92 Å². The van der Waals surface area contributed by atoms with Crippen molar-refractivity contribution in [1.29, 1.82) is 0 Å². The molecule has 174 valence electrons. The minimum atomic E-state index is -4.39. The smallest absolute Gasteiger partial charge is 0.416 e. The summed E-state index contributed by atoms with van der Waals surface area (Å²) in [6.45, 7) is 3.22. The number of aliphatic carboxylic acids is 1. The van der Waals surface area contributed by atoms with Gasteiger partial charge in [-0.25, -0.2) is 9.78 Å². The van der Waals surface area contributed by atoms with Crippen LogP contribution in [-0.4, -0.2) is 28.4 Å². The number of aryl methyl sites for hydroxylation is 3. The van der Waals surface area contributed by atoms with E-state index in [1.165, 1.54) is 23.5 Å². The summed E-state index contributed by atoms with van der Waals surface area (Å²) in [7, 11) is 0. The normalized spacial score (nSPS) is 11.4. The Bertz CT molecular complexity index is 1150. The molecule has 9 heteroatoms. The molecule has 0 saturated heterocycles. The van der Waals surface area contributed by atoms with E-state index in [1.807, 2.05) is 6.92 Å². The average molecular weight is 478 g/mol. The Kier molecular flexibility index (Phi) is 7.53. The zero-order valence-electron chi connectivity index (χ0n) is 18.0. The molecular formula is C24H22F3NO4S. The van der Waals surface area contributed by atoms with E-state index >= 15 is 0 Å². The summed E-state index contributed by atoms with van der Waals surface area (Å²) in [5.41, 5.74) is 1.89. The molecular weight excluding hydrogens is 455 g/mol. The number of aromatic nitrogens is 1. The molecule has 0 radical (unpaired) electrons. The van der Waals surface area contributed by atoms with Gasteiger partial charge in [0.2, 0.25) is 0 Å². The molecule has 1 aromatic heterocycles. The summed E-state index contributed by atoms with van der Waals surface area (Å²) in [5.74, 6) is -0.748. The number of carbonyl (C=O) groups is 2. The van der Waals surface area contributed by atoms with Crippen LogP contribution in [0.3, 0.4) is 0 Å². The van der Waals surface area contributed by atoms with Gasteiger partial charge >= 0.3 is 12.1 Å². The van der Waals surface area contributed by atoms with Gasteiger partial charge in [0.1, 0.15) is 10.8 Å².